The standard InChI is InChI=1S/C25H37N5O6/c1-2-30-13-5-7-17(30)15-27-24(34)19-10-11-22(32)28-20(16-31)25(35)26-12-6-14-36-21-9-4-3-8-18(21)23(33)29-19/h3-4,8-9,17,19-20,31H,2,5-7,10-16H2,1H3,(H,26,35)(H,27,34)(H,28,32)(H,29,33)/t17-,19-,20?/m0/s1. The number of hydrogen-bond acceptors (Lipinski definition) is 7. The molecule has 1 aromatic rings. The molecular weight excluding hydrogens is 466 g/mol. The van der Waals surface area contributed by atoms with Gasteiger partial charge in [-0.15, -0.1) is 0 Å². The molecule has 11 nitrogen and oxygen atoms in total. The normalized spacial score (nSPS) is 24.6. The SMILES string of the molecule is CCN1CCC[C@H]1CNC(=O)[C@@H]1CCC(=O)NC(CO)C(=O)NCCCOc2ccccc2C(=O)N1. The molecule has 198 valence electrons. The minimum absolute atomic E-state index is 0.0222. The molecule has 2 aliphatic rings. The van der Waals surface area contributed by atoms with E-state index in [0.29, 0.717) is 18.7 Å². The topological polar surface area (TPSA) is 149 Å². The Bertz CT molecular complexity index is 926. The van der Waals surface area contributed by atoms with E-state index in [1.807, 2.05) is 0 Å². The van der Waals surface area contributed by atoms with Crippen molar-refractivity contribution >= 4 is 23.6 Å². The average molecular weight is 504 g/mol. The molecule has 36 heavy (non-hydrogen) atoms. The Morgan fingerprint density at radius 2 is 1.97 bits per heavy atom. The largest absolute Gasteiger partial charge is 0.493 e. The number of carbonyl (C=O) groups excluding carboxylic acids is 4. The molecule has 0 radical (unpaired) electrons. The first-order valence-electron chi connectivity index (χ1n) is 12.6. The van der Waals surface area contributed by atoms with E-state index in [2.05, 4.69) is 33.1 Å². The number of fused-ring (bicyclic) bond motifs is 1. The first kappa shape index (κ1) is 27.4. The third kappa shape index (κ3) is 7.66. The van der Waals surface area contributed by atoms with E-state index in [4.69, 9.17) is 4.74 Å². The van der Waals surface area contributed by atoms with Gasteiger partial charge in [0, 0.05) is 25.6 Å². The molecule has 2 heterocycles. The molecule has 3 rings (SSSR count). The van der Waals surface area contributed by atoms with Crippen molar-refractivity contribution in [1.29, 1.82) is 0 Å². The van der Waals surface area contributed by atoms with E-state index in [0.717, 1.165) is 25.9 Å². The van der Waals surface area contributed by atoms with Crippen LogP contribution in [-0.4, -0.2) is 91.2 Å². The molecule has 0 bridgehead atoms. The summed E-state index contributed by atoms with van der Waals surface area (Å²) in [5.41, 5.74) is 0.282. The van der Waals surface area contributed by atoms with Crippen molar-refractivity contribution in [2.45, 2.75) is 57.2 Å². The fraction of sp³-hybridized carbons (Fsp3) is 0.600. The summed E-state index contributed by atoms with van der Waals surface area (Å²) in [4.78, 5) is 53.4. The van der Waals surface area contributed by atoms with Crippen molar-refractivity contribution in [2.75, 3.05) is 39.4 Å². The predicted octanol–water partition coefficient (Wildman–Crippen LogP) is -0.458. The van der Waals surface area contributed by atoms with E-state index in [9.17, 15) is 24.3 Å². The Balaban J connectivity index is 1.76. The lowest BCUT2D eigenvalue weighted by molar-refractivity contribution is -0.130. The Labute approximate surface area is 211 Å². The van der Waals surface area contributed by atoms with E-state index in [1.54, 1.807) is 24.3 Å². The highest BCUT2D eigenvalue weighted by atomic mass is 16.5. The van der Waals surface area contributed by atoms with Crippen LogP contribution in [0.25, 0.3) is 0 Å². The number of aliphatic hydroxyl groups excluding tert-OH is 1. The Kier molecular flexibility index (Phi) is 10.5. The summed E-state index contributed by atoms with van der Waals surface area (Å²) < 4.78 is 5.76. The molecular formula is C25H37N5O6. The molecule has 1 aromatic carbocycles. The summed E-state index contributed by atoms with van der Waals surface area (Å²) in [5, 5.41) is 20.4. The number of benzene rings is 1. The van der Waals surface area contributed by atoms with Crippen LogP contribution in [0, 0.1) is 0 Å². The third-order valence-corrected chi connectivity index (χ3v) is 6.54. The third-order valence-electron chi connectivity index (χ3n) is 6.54. The smallest absolute Gasteiger partial charge is 0.255 e. The zero-order chi connectivity index (χ0) is 25.9. The van der Waals surface area contributed by atoms with Gasteiger partial charge in [-0.05, 0) is 50.9 Å². The van der Waals surface area contributed by atoms with Crippen molar-refractivity contribution < 1.29 is 29.0 Å². The molecule has 0 aromatic heterocycles. The monoisotopic (exact) mass is 503 g/mol. The van der Waals surface area contributed by atoms with Crippen LogP contribution < -0.4 is 26.0 Å². The summed E-state index contributed by atoms with van der Waals surface area (Å²) >= 11 is 0. The molecule has 5 N–H and O–H groups in total. The quantitative estimate of drug-likeness (QED) is 0.365. The summed E-state index contributed by atoms with van der Waals surface area (Å²) in [7, 11) is 0. The maximum Gasteiger partial charge on any atom is 0.255 e. The second kappa shape index (κ2) is 13.8. The van der Waals surface area contributed by atoms with E-state index in [1.165, 1.54) is 0 Å². The van der Waals surface area contributed by atoms with Gasteiger partial charge in [-0.3, -0.25) is 24.1 Å². The molecule has 0 saturated carbocycles. The van der Waals surface area contributed by atoms with Crippen LogP contribution in [0.5, 0.6) is 5.75 Å². The predicted molar refractivity (Wildman–Crippen MR) is 132 cm³/mol. The van der Waals surface area contributed by atoms with E-state index < -0.39 is 36.4 Å². The van der Waals surface area contributed by atoms with Crippen molar-refractivity contribution in [3.63, 3.8) is 0 Å². The fourth-order valence-corrected chi connectivity index (χ4v) is 4.49. The van der Waals surface area contributed by atoms with Gasteiger partial charge in [0.15, 0.2) is 0 Å². The second-order valence-corrected chi connectivity index (χ2v) is 9.03. The second-order valence-electron chi connectivity index (χ2n) is 9.03. The molecule has 11 heteroatoms. The number of rotatable bonds is 5. The molecule has 2 aliphatic heterocycles. The Hall–Kier alpha value is -3.18. The van der Waals surface area contributed by atoms with Gasteiger partial charge in [0.05, 0.1) is 18.8 Å². The van der Waals surface area contributed by atoms with Crippen LogP contribution in [0.2, 0.25) is 0 Å². The summed E-state index contributed by atoms with van der Waals surface area (Å²) in [6, 6.07) is 4.90. The number of para-hydroxylation sites is 1. The van der Waals surface area contributed by atoms with E-state index in [-0.39, 0.29) is 43.5 Å². The highest BCUT2D eigenvalue weighted by molar-refractivity contribution is 5.99. The zero-order valence-electron chi connectivity index (χ0n) is 20.8. The molecule has 0 spiro atoms. The lowest BCUT2D eigenvalue weighted by atomic mass is 10.1. The highest BCUT2D eigenvalue weighted by Crippen LogP contribution is 2.19. The minimum Gasteiger partial charge on any atom is -0.493 e. The van der Waals surface area contributed by atoms with Gasteiger partial charge in [0.25, 0.3) is 5.91 Å². The molecule has 1 unspecified atom stereocenters. The number of likely N-dealkylation sites (tertiary alicyclic amines) is 1. The summed E-state index contributed by atoms with van der Waals surface area (Å²) in [6.07, 6.45) is 2.42. The molecule has 1 saturated heterocycles. The van der Waals surface area contributed by atoms with Crippen LogP contribution in [0.15, 0.2) is 24.3 Å². The molecule has 3 atom stereocenters. The van der Waals surface area contributed by atoms with Crippen molar-refractivity contribution in [1.82, 2.24) is 26.2 Å². The van der Waals surface area contributed by atoms with Gasteiger partial charge in [0.1, 0.15) is 17.8 Å². The van der Waals surface area contributed by atoms with E-state index >= 15 is 0 Å². The number of likely N-dealkylation sites (N-methyl/N-ethyl adjacent to an activating group) is 1. The van der Waals surface area contributed by atoms with Gasteiger partial charge in [-0.2, -0.15) is 0 Å². The van der Waals surface area contributed by atoms with Crippen LogP contribution in [0.3, 0.4) is 0 Å². The van der Waals surface area contributed by atoms with Gasteiger partial charge < -0.3 is 31.1 Å². The van der Waals surface area contributed by atoms with Crippen molar-refractivity contribution in [2.24, 2.45) is 0 Å². The van der Waals surface area contributed by atoms with Crippen LogP contribution >= 0.6 is 0 Å². The highest BCUT2D eigenvalue weighted by Gasteiger charge is 2.28. The average Bonchev–Trinajstić information content (AvgIpc) is 3.35. The summed E-state index contributed by atoms with van der Waals surface area (Å²) in [5.74, 6) is -1.49. The molecule has 0 aliphatic carbocycles. The lowest BCUT2D eigenvalue weighted by Crippen LogP contribution is -2.51. The minimum atomic E-state index is -1.10. The van der Waals surface area contributed by atoms with Crippen LogP contribution in [-0.2, 0) is 14.4 Å². The van der Waals surface area contributed by atoms with Crippen LogP contribution in [0.1, 0.15) is 49.4 Å². The van der Waals surface area contributed by atoms with Gasteiger partial charge in [0.2, 0.25) is 17.7 Å². The van der Waals surface area contributed by atoms with Gasteiger partial charge in [-0.1, -0.05) is 19.1 Å². The number of ether oxygens (including phenoxy) is 1. The zero-order valence-corrected chi connectivity index (χ0v) is 20.8. The fourth-order valence-electron chi connectivity index (χ4n) is 4.49. The Morgan fingerprint density at radius 3 is 2.75 bits per heavy atom. The van der Waals surface area contributed by atoms with Crippen molar-refractivity contribution in [3.05, 3.63) is 29.8 Å². The number of nitrogens with zero attached hydrogens (tertiary/aromatic N) is 1. The summed E-state index contributed by atoms with van der Waals surface area (Å²) in [6.45, 7) is 4.39. The number of hydrogen-bond donors (Lipinski definition) is 5. The van der Waals surface area contributed by atoms with Gasteiger partial charge >= 0.3 is 0 Å². The maximum absolute atomic E-state index is 13.1. The molecule has 1 fully saturated rings. The maximum atomic E-state index is 13.1. The lowest BCUT2D eigenvalue weighted by Gasteiger charge is -2.25. The number of amides is 4. The number of nitrogens with one attached hydrogen (secondary N) is 4. The Morgan fingerprint density at radius 1 is 1.17 bits per heavy atom. The first-order chi connectivity index (χ1) is 17.4. The molecule has 4 amide bonds. The van der Waals surface area contributed by atoms with Crippen molar-refractivity contribution in [3.8, 4) is 5.75 Å². The number of aliphatic hydroxyl groups is 1. The van der Waals surface area contributed by atoms with Gasteiger partial charge in [-0.25, -0.2) is 0 Å². The number of carbonyl (C=O) groups is 4. The first-order valence-corrected chi connectivity index (χ1v) is 12.6. The van der Waals surface area contributed by atoms with Crippen LogP contribution in [0.4, 0.5) is 0 Å².